The van der Waals surface area contributed by atoms with Crippen LogP contribution in [0.2, 0.25) is 0 Å². The lowest BCUT2D eigenvalue weighted by molar-refractivity contribution is -0.135. The van der Waals surface area contributed by atoms with Crippen LogP contribution in [-0.4, -0.2) is 103 Å². The number of carbonyl (C=O) groups is 3. The van der Waals surface area contributed by atoms with Crippen molar-refractivity contribution in [2.45, 2.75) is 133 Å². The number of nitrogens with one attached hydrogen (secondary N) is 2. The van der Waals surface area contributed by atoms with E-state index in [9.17, 15) is 19.6 Å². The van der Waals surface area contributed by atoms with Crippen LogP contribution in [0.4, 0.5) is 11.5 Å². The number of rotatable bonds is 10. The first kappa shape index (κ1) is 42.5. The van der Waals surface area contributed by atoms with E-state index in [2.05, 4.69) is 72.5 Å². The minimum Gasteiger partial charge on any atom is -0.359 e. The fraction of sp³-hybridized carbons (Fsp3) is 0.529. The van der Waals surface area contributed by atoms with E-state index < -0.39 is 0 Å². The SMILES string of the molecule is CCC1(C(=O)NC2CCC2)CCN(c2ccc(-c3nc(-c4cnn(C5CCC(N6CCC(c7ccc8c(c7)CCN8[C@@H]7CCC(=O)NC7=O)CC6)CC5)c4)cn4ncc(C#N)c34)cn2)CC1. The highest BCUT2D eigenvalue weighted by molar-refractivity contribution is 6.02. The number of imide groups is 1. The smallest absolute Gasteiger partial charge is 0.249 e. The number of likely N-dealkylation sites (tertiary alicyclic amines) is 1. The van der Waals surface area contributed by atoms with Crippen molar-refractivity contribution in [2.75, 3.05) is 42.5 Å². The van der Waals surface area contributed by atoms with E-state index in [0.717, 1.165) is 138 Å². The first-order chi connectivity index (χ1) is 32.3. The molecule has 0 spiro atoms. The van der Waals surface area contributed by atoms with E-state index in [1.165, 1.54) is 17.5 Å². The summed E-state index contributed by atoms with van der Waals surface area (Å²) in [5.74, 6) is 1.32. The zero-order chi connectivity index (χ0) is 44.9. The fourth-order valence-electron chi connectivity index (χ4n) is 11.9. The van der Waals surface area contributed by atoms with Gasteiger partial charge in [-0.25, -0.2) is 14.5 Å². The molecule has 8 heterocycles. The minimum atomic E-state index is -0.316. The summed E-state index contributed by atoms with van der Waals surface area (Å²) in [5.41, 5.74) is 7.80. The molecular weight excluding hydrogens is 829 g/mol. The van der Waals surface area contributed by atoms with Gasteiger partial charge in [-0.1, -0.05) is 19.1 Å². The average Bonchev–Trinajstić information content (AvgIpc) is 4.12. The second kappa shape index (κ2) is 17.6. The van der Waals surface area contributed by atoms with Gasteiger partial charge in [0.25, 0.3) is 0 Å². The summed E-state index contributed by atoms with van der Waals surface area (Å²) >= 11 is 0. The third-order valence-corrected chi connectivity index (χ3v) is 16.4. The Hall–Kier alpha value is -6.14. The monoisotopic (exact) mass is 888 g/mol. The molecule has 342 valence electrons. The molecule has 6 aliphatic rings. The average molecular weight is 889 g/mol. The van der Waals surface area contributed by atoms with Crippen LogP contribution >= 0.6 is 0 Å². The third kappa shape index (κ3) is 7.90. The predicted octanol–water partition coefficient (Wildman–Crippen LogP) is 6.72. The van der Waals surface area contributed by atoms with Gasteiger partial charge in [0.05, 0.1) is 41.4 Å². The quantitative estimate of drug-likeness (QED) is 0.143. The molecule has 3 saturated heterocycles. The van der Waals surface area contributed by atoms with Crippen molar-refractivity contribution >= 4 is 34.7 Å². The molecule has 11 rings (SSSR count). The molecule has 2 saturated carbocycles. The number of piperidine rings is 3. The van der Waals surface area contributed by atoms with Crippen molar-refractivity contribution in [3.63, 3.8) is 0 Å². The number of carbonyl (C=O) groups excluding carboxylic acids is 3. The standard InChI is InChI=1S/C51H60N12O3/c1-2-51(50(66)56-39-4-3-5-39)19-24-60(25-20-51)45-14-7-36(28-53-45)47-48-37(27-52)29-55-63(48)32-42(57-47)38-30-54-62(31-38)41-10-8-40(9-11-41)59-21-16-33(17-22-59)34-6-12-43-35(26-34)18-23-61(43)44-13-15-46(64)58-49(44)65/h6-7,12,14,26,28-33,39-41,44H,2-5,8-11,13,15-25H2,1H3,(H,56,66)(H,58,64,65)/t40?,41?,44-/m1/s1. The summed E-state index contributed by atoms with van der Waals surface area (Å²) < 4.78 is 3.88. The van der Waals surface area contributed by atoms with Gasteiger partial charge in [0.1, 0.15) is 29.0 Å². The maximum atomic E-state index is 13.3. The Labute approximate surface area is 385 Å². The van der Waals surface area contributed by atoms with E-state index >= 15 is 0 Å². The molecule has 0 radical (unpaired) electrons. The number of nitrogens with zero attached hydrogens (tertiary/aromatic N) is 10. The molecule has 5 fully saturated rings. The zero-order valence-electron chi connectivity index (χ0n) is 38.0. The summed E-state index contributed by atoms with van der Waals surface area (Å²) in [7, 11) is 0. The highest BCUT2D eigenvalue weighted by Gasteiger charge is 2.42. The van der Waals surface area contributed by atoms with Crippen molar-refractivity contribution in [3.05, 3.63) is 78.0 Å². The number of aromatic nitrogens is 6. The summed E-state index contributed by atoms with van der Waals surface area (Å²) in [6, 6.07) is 14.2. The maximum Gasteiger partial charge on any atom is 0.249 e. The van der Waals surface area contributed by atoms with E-state index in [-0.39, 0.29) is 29.2 Å². The van der Waals surface area contributed by atoms with Gasteiger partial charge < -0.3 is 20.0 Å². The van der Waals surface area contributed by atoms with Crippen molar-refractivity contribution in [3.8, 4) is 28.6 Å². The molecule has 0 unspecified atom stereocenters. The van der Waals surface area contributed by atoms with Crippen LogP contribution in [0.3, 0.4) is 0 Å². The van der Waals surface area contributed by atoms with Gasteiger partial charge in [-0.2, -0.15) is 15.5 Å². The number of hydrogen-bond acceptors (Lipinski definition) is 11. The molecule has 3 amide bonds. The van der Waals surface area contributed by atoms with Gasteiger partial charge in [-0.3, -0.25) is 24.4 Å². The zero-order valence-corrected chi connectivity index (χ0v) is 38.0. The molecule has 0 bridgehead atoms. The molecule has 1 atom stereocenters. The molecule has 1 aromatic carbocycles. The minimum absolute atomic E-state index is 0.164. The van der Waals surface area contributed by atoms with Gasteiger partial charge in [0.15, 0.2) is 0 Å². The topological polar surface area (TPSA) is 170 Å². The van der Waals surface area contributed by atoms with E-state index in [4.69, 9.17) is 15.1 Å². The lowest BCUT2D eigenvalue weighted by Gasteiger charge is -2.42. The summed E-state index contributed by atoms with van der Waals surface area (Å²) in [4.78, 5) is 54.9. The van der Waals surface area contributed by atoms with Crippen molar-refractivity contribution in [2.24, 2.45) is 5.41 Å². The van der Waals surface area contributed by atoms with Gasteiger partial charge in [0.2, 0.25) is 17.7 Å². The summed E-state index contributed by atoms with van der Waals surface area (Å²) in [5, 5.41) is 25.3. The number of hydrogen-bond donors (Lipinski definition) is 2. The van der Waals surface area contributed by atoms with Gasteiger partial charge in [-0.05, 0) is 138 Å². The first-order valence-electron chi connectivity index (χ1n) is 24.6. The summed E-state index contributed by atoms with van der Waals surface area (Å²) in [6.07, 6.45) is 23.9. The Bertz CT molecular complexity index is 2670. The molecule has 4 aliphatic heterocycles. The van der Waals surface area contributed by atoms with Gasteiger partial charge in [-0.15, -0.1) is 0 Å². The molecule has 15 nitrogen and oxygen atoms in total. The largest absolute Gasteiger partial charge is 0.359 e. The molecule has 4 aromatic heterocycles. The normalized spacial score (nSPS) is 23.9. The van der Waals surface area contributed by atoms with Crippen molar-refractivity contribution in [1.29, 1.82) is 5.26 Å². The van der Waals surface area contributed by atoms with Crippen LogP contribution < -0.4 is 20.4 Å². The lowest BCUT2D eigenvalue weighted by Crippen LogP contribution is -2.52. The summed E-state index contributed by atoms with van der Waals surface area (Å²) in [6.45, 7) is 6.73. The van der Waals surface area contributed by atoms with E-state index in [1.807, 2.05) is 30.7 Å². The second-order valence-electron chi connectivity index (χ2n) is 19.8. The highest BCUT2D eigenvalue weighted by Crippen LogP contribution is 2.41. The van der Waals surface area contributed by atoms with Gasteiger partial charge >= 0.3 is 0 Å². The number of amides is 3. The molecule has 66 heavy (non-hydrogen) atoms. The van der Waals surface area contributed by atoms with Crippen LogP contribution in [0.1, 0.15) is 125 Å². The van der Waals surface area contributed by atoms with Crippen LogP contribution in [0, 0.1) is 16.7 Å². The molecule has 2 N–H and O–H groups in total. The lowest BCUT2D eigenvalue weighted by atomic mass is 9.74. The number of pyridine rings is 1. The molecule has 15 heteroatoms. The Kier molecular flexibility index (Phi) is 11.3. The Morgan fingerprint density at radius 2 is 1.67 bits per heavy atom. The maximum absolute atomic E-state index is 13.3. The third-order valence-electron chi connectivity index (χ3n) is 16.4. The Morgan fingerprint density at radius 3 is 2.38 bits per heavy atom. The number of nitriles is 1. The predicted molar refractivity (Wildman–Crippen MR) is 251 cm³/mol. The van der Waals surface area contributed by atoms with Gasteiger partial charge in [0, 0.05) is 67.3 Å². The van der Waals surface area contributed by atoms with Crippen molar-refractivity contribution in [1.82, 2.24) is 44.9 Å². The fourth-order valence-corrected chi connectivity index (χ4v) is 11.9. The van der Waals surface area contributed by atoms with Crippen LogP contribution in [0.5, 0.6) is 0 Å². The van der Waals surface area contributed by atoms with Crippen LogP contribution in [0.15, 0.2) is 61.3 Å². The van der Waals surface area contributed by atoms with Crippen LogP contribution in [0.25, 0.3) is 28.0 Å². The second-order valence-corrected chi connectivity index (χ2v) is 19.8. The number of anilines is 2. The molecule has 5 aromatic rings. The molecule has 2 aliphatic carbocycles. The van der Waals surface area contributed by atoms with E-state index in [1.54, 1.807) is 10.7 Å². The number of benzene rings is 1. The number of fused-ring (bicyclic) bond motifs is 2. The van der Waals surface area contributed by atoms with Crippen molar-refractivity contribution < 1.29 is 14.4 Å². The highest BCUT2D eigenvalue weighted by atomic mass is 16.2. The first-order valence-corrected chi connectivity index (χ1v) is 24.6. The Morgan fingerprint density at radius 1 is 0.864 bits per heavy atom. The van der Waals surface area contributed by atoms with E-state index in [0.29, 0.717) is 53.7 Å². The van der Waals surface area contributed by atoms with Crippen LogP contribution in [-0.2, 0) is 20.8 Å². The Balaban J connectivity index is 0.712. The molecular formula is C51H60N12O3.